The third kappa shape index (κ3) is 5.94. The molecule has 0 aromatic heterocycles. The van der Waals surface area contributed by atoms with E-state index in [0.29, 0.717) is 5.69 Å². The number of hydrogen-bond acceptors (Lipinski definition) is 7. The first-order valence-corrected chi connectivity index (χ1v) is 13.2. The highest BCUT2D eigenvalue weighted by atomic mass is 32.2. The van der Waals surface area contributed by atoms with E-state index in [4.69, 9.17) is 0 Å². The molecule has 0 saturated carbocycles. The summed E-state index contributed by atoms with van der Waals surface area (Å²) in [7, 11) is -8.46. The summed E-state index contributed by atoms with van der Waals surface area (Å²) in [6.45, 7) is 5.49. The van der Waals surface area contributed by atoms with Crippen LogP contribution in [0, 0.1) is 20.8 Å². The highest BCUT2D eigenvalue weighted by Gasteiger charge is 2.33. The van der Waals surface area contributed by atoms with E-state index in [0.717, 1.165) is 16.7 Å². The molecule has 1 N–H and O–H groups in total. The van der Waals surface area contributed by atoms with Crippen LogP contribution in [-0.4, -0.2) is 33.4 Å². The molecule has 0 unspecified atom stereocenters. The number of carbonyl (C=O) groups is 1. The molecule has 0 aliphatic heterocycles. The SMILES string of the molecule is Cc1ccc(N/N=C(/C(=O)CS(=O)(=O)c2ccc(C)cc2)S(=O)(=O)c2ccc(C)cc2)cc1. The largest absolute Gasteiger partial charge is 0.290 e. The van der Waals surface area contributed by atoms with Gasteiger partial charge in [-0.1, -0.05) is 53.1 Å². The van der Waals surface area contributed by atoms with Gasteiger partial charge in [0.1, 0.15) is 5.75 Å². The number of sulfone groups is 2. The Labute approximate surface area is 194 Å². The normalized spacial score (nSPS) is 12.4. The maximum Gasteiger partial charge on any atom is 0.229 e. The first kappa shape index (κ1) is 24.3. The molecule has 7 nitrogen and oxygen atoms in total. The Morgan fingerprint density at radius 2 is 1.12 bits per heavy atom. The van der Waals surface area contributed by atoms with E-state index in [1.165, 1.54) is 24.3 Å². The van der Waals surface area contributed by atoms with Crippen molar-refractivity contribution in [2.24, 2.45) is 5.10 Å². The fourth-order valence-electron chi connectivity index (χ4n) is 2.91. The molecule has 0 atom stereocenters. The van der Waals surface area contributed by atoms with Crippen molar-refractivity contribution in [1.82, 2.24) is 0 Å². The van der Waals surface area contributed by atoms with Gasteiger partial charge in [0.15, 0.2) is 9.84 Å². The van der Waals surface area contributed by atoms with Crippen molar-refractivity contribution < 1.29 is 21.6 Å². The second-order valence-electron chi connectivity index (χ2n) is 7.71. The maximum atomic E-state index is 13.2. The monoisotopic (exact) mass is 484 g/mol. The van der Waals surface area contributed by atoms with Gasteiger partial charge in [0.25, 0.3) is 0 Å². The van der Waals surface area contributed by atoms with Crippen LogP contribution in [0.4, 0.5) is 5.69 Å². The summed E-state index contributed by atoms with van der Waals surface area (Å²) in [5, 5.41) is 2.98. The second kappa shape index (κ2) is 9.68. The Morgan fingerprint density at radius 3 is 1.61 bits per heavy atom. The minimum Gasteiger partial charge on any atom is -0.290 e. The number of ketones is 1. The van der Waals surface area contributed by atoms with E-state index < -0.39 is 36.3 Å². The van der Waals surface area contributed by atoms with Gasteiger partial charge in [-0.3, -0.25) is 10.2 Å². The summed E-state index contributed by atoms with van der Waals surface area (Å²) in [6, 6.07) is 18.8. The molecule has 3 aromatic rings. The molecule has 3 aromatic carbocycles. The molecular weight excluding hydrogens is 460 g/mol. The molecule has 0 radical (unpaired) electrons. The van der Waals surface area contributed by atoms with Crippen LogP contribution in [0.1, 0.15) is 16.7 Å². The Bertz CT molecular complexity index is 1390. The van der Waals surface area contributed by atoms with Crippen LogP contribution in [-0.2, 0) is 24.5 Å². The van der Waals surface area contributed by atoms with Gasteiger partial charge >= 0.3 is 0 Å². The molecule has 33 heavy (non-hydrogen) atoms. The van der Waals surface area contributed by atoms with Crippen LogP contribution >= 0.6 is 0 Å². The molecule has 0 saturated heterocycles. The summed E-state index contributed by atoms with van der Waals surface area (Å²) >= 11 is 0. The first-order chi connectivity index (χ1) is 15.5. The predicted molar refractivity (Wildman–Crippen MR) is 129 cm³/mol. The van der Waals surface area contributed by atoms with E-state index in [2.05, 4.69) is 10.5 Å². The Morgan fingerprint density at radius 1 is 0.697 bits per heavy atom. The number of hydrogen-bond donors (Lipinski definition) is 1. The van der Waals surface area contributed by atoms with Gasteiger partial charge in [0, 0.05) is 0 Å². The zero-order chi connectivity index (χ0) is 24.2. The van der Waals surface area contributed by atoms with Crippen molar-refractivity contribution in [3.63, 3.8) is 0 Å². The third-order valence-electron chi connectivity index (χ3n) is 4.86. The number of benzene rings is 3. The summed E-state index contributed by atoms with van der Waals surface area (Å²) < 4.78 is 52.1. The molecule has 0 spiro atoms. The fraction of sp³-hybridized carbons (Fsp3) is 0.167. The minimum absolute atomic E-state index is 0.0694. The molecule has 0 aliphatic rings. The van der Waals surface area contributed by atoms with Crippen LogP contribution < -0.4 is 5.43 Å². The lowest BCUT2D eigenvalue weighted by atomic mass is 10.2. The Kier molecular flexibility index (Phi) is 7.14. The first-order valence-electron chi connectivity index (χ1n) is 10.0. The van der Waals surface area contributed by atoms with Gasteiger partial charge in [-0.2, -0.15) is 5.10 Å². The van der Waals surface area contributed by atoms with Crippen LogP contribution in [0.25, 0.3) is 0 Å². The van der Waals surface area contributed by atoms with E-state index in [9.17, 15) is 21.6 Å². The molecule has 9 heteroatoms. The average Bonchev–Trinajstić information content (AvgIpc) is 2.75. The summed E-state index contributed by atoms with van der Waals surface area (Å²) in [5.41, 5.74) is 5.69. The van der Waals surface area contributed by atoms with Gasteiger partial charge in [0.2, 0.25) is 20.7 Å². The fourth-order valence-corrected chi connectivity index (χ4v) is 5.45. The summed E-state index contributed by atoms with van der Waals surface area (Å²) in [5.74, 6) is -2.16. The van der Waals surface area contributed by atoms with Crippen LogP contribution in [0.15, 0.2) is 87.7 Å². The molecule has 0 bridgehead atoms. The molecular formula is C24H24N2O5S2. The van der Waals surface area contributed by atoms with E-state index in [-0.39, 0.29) is 9.79 Å². The van der Waals surface area contributed by atoms with Crippen molar-refractivity contribution in [1.29, 1.82) is 0 Å². The van der Waals surface area contributed by atoms with Crippen LogP contribution in [0.2, 0.25) is 0 Å². The number of nitrogens with zero attached hydrogens (tertiary/aromatic N) is 1. The minimum atomic E-state index is -4.38. The highest BCUT2D eigenvalue weighted by molar-refractivity contribution is 8.08. The highest BCUT2D eigenvalue weighted by Crippen LogP contribution is 2.18. The maximum absolute atomic E-state index is 13.2. The lowest BCUT2D eigenvalue weighted by Gasteiger charge is -2.10. The molecule has 0 amide bonds. The molecule has 3 rings (SSSR count). The average molecular weight is 485 g/mol. The van der Waals surface area contributed by atoms with Crippen molar-refractivity contribution in [3.05, 3.63) is 89.5 Å². The standard InChI is InChI=1S/C24H24N2O5S2/c1-17-4-10-20(11-5-17)25-26-24(33(30,31)22-14-8-19(3)9-15-22)23(27)16-32(28,29)21-12-6-18(2)7-13-21/h4-15,25H,16H2,1-3H3/b26-24-. The molecule has 172 valence electrons. The molecule has 0 aliphatic carbocycles. The van der Waals surface area contributed by atoms with E-state index in [1.54, 1.807) is 62.4 Å². The zero-order valence-corrected chi connectivity index (χ0v) is 20.1. The van der Waals surface area contributed by atoms with Crippen molar-refractivity contribution >= 4 is 36.2 Å². The van der Waals surface area contributed by atoms with Crippen LogP contribution in [0.5, 0.6) is 0 Å². The zero-order valence-electron chi connectivity index (χ0n) is 18.4. The van der Waals surface area contributed by atoms with Gasteiger partial charge in [-0.05, 0) is 57.2 Å². The van der Waals surface area contributed by atoms with Crippen molar-refractivity contribution in [2.45, 2.75) is 30.6 Å². The molecule has 0 fully saturated rings. The number of aryl methyl sites for hydroxylation is 3. The van der Waals surface area contributed by atoms with Gasteiger partial charge in [-0.15, -0.1) is 0 Å². The van der Waals surface area contributed by atoms with E-state index in [1.807, 2.05) is 6.92 Å². The second-order valence-corrected chi connectivity index (χ2v) is 11.6. The lowest BCUT2D eigenvalue weighted by molar-refractivity contribution is -0.110. The van der Waals surface area contributed by atoms with Crippen LogP contribution in [0.3, 0.4) is 0 Å². The van der Waals surface area contributed by atoms with E-state index >= 15 is 0 Å². The smallest absolute Gasteiger partial charge is 0.229 e. The number of hydrazone groups is 1. The number of rotatable bonds is 7. The molecule has 0 heterocycles. The Hall–Kier alpha value is -3.30. The summed E-state index contributed by atoms with van der Waals surface area (Å²) in [4.78, 5) is 12.8. The summed E-state index contributed by atoms with van der Waals surface area (Å²) in [6.07, 6.45) is 0. The quantitative estimate of drug-likeness (QED) is 0.310. The van der Waals surface area contributed by atoms with Gasteiger partial charge in [0.05, 0.1) is 15.5 Å². The topological polar surface area (TPSA) is 110 Å². The predicted octanol–water partition coefficient (Wildman–Crippen LogP) is 3.85. The Balaban J connectivity index is 2.00. The number of nitrogens with one attached hydrogen (secondary N) is 1. The third-order valence-corrected chi connectivity index (χ3v) is 8.22. The number of anilines is 1. The van der Waals surface area contributed by atoms with Gasteiger partial charge < -0.3 is 0 Å². The number of Topliss-reactive ketones (excluding diaryl/α,β-unsaturated/α-hetero) is 1. The van der Waals surface area contributed by atoms with Crippen molar-refractivity contribution in [3.8, 4) is 0 Å². The lowest BCUT2D eigenvalue weighted by Crippen LogP contribution is -2.31. The number of carbonyl (C=O) groups excluding carboxylic acids is 1. The van der Waals surface area contributed by atoms with Gasteiger partial charge in [-0.25, -0.2) is 16.8 Å². The van der Waals surface area contributed by atoms with Crippen molar-refractivity contribution in [2.75, 3.05) is 11.2 Å².